The molecular formula is C18H16ClF6N3O3. The Balaban J connectivity index is 0.000000592. The summed E-state index contributed by atoms with van der Waals surface area (Å²) in [6.07, 6.45) is -9.59. The fourth-order valence-electron chi connectivity index (χ4n) is 1.99. The van der Waals surface area contributed by atoms with Gasteiger partial charge >= 0.3 is 18.3 Å². The maximum atomic E-state index is 12.8. The van der Waals surface area contributed by atoms with Crippen LogP contribution >= 0.6 is 11.6 Å². The van der Waals surface area contributed by atoms with E-state index in [1.165, 1.54) is 12.1 Å². The summed E-state index contributed by atoms with van der Waals surface area (Å²) in [4.78, 5) is 12.8. The lowest BCUT2D eigenvalue weighted by molar-refractivity contribution is -0.192. The summed E-state index contributed by atoms with van der Waals surface area (Å²) >= 11 is 5.83. The summed E-state index contributed by atoms with van der Waals surface area (Å²) in [5.41, 5.74) is 10.7. The van der Waals surface area contributed by atoms with Crippen molar-refractivity contribution in [1.82, 2.24) is 0 Å². The maximum Gasteiger partial charge on any atom is 0.490 e. The van der Waals surface area contributed by atoms with Gasteiger partial charge in [-0.05, 0) is 23.8 Å². The van der Waals surface area contributed by atoms with Crippen LogP contribution < -0.4 is 16.2 Å². The standard InChI is InChI=1S/C16H15ClF3N3O.C2HF3O2/c17-14-11(4-2-6-13(14)16(18,19)20)9-24-12-5-1-3-10(7-12)8-23-15(21)22;3-2(4,5)1(6)7/h1-7H,8-9H2,(H4,21,22,23);(H,6,7). The zero-order valence-corrected chi connectivity index (χ0v) is 16.2. The van der Waals surface area contributed by atoms with Gasteiger partial charge in [0.1, 0.15) is 12.4 Å². The van der Waals surface area contributed by atoms with Crippen molar-refractivity contribution in [2.45, 2.75) is 25.5 Å². The molecule has 170 valence electrons. The van der Waals surface area contributed by atoms with Crippen LogP contribution in [0.3, 0.4) is 0 Å². The summed E-state index contributed by atoms with van der Waals surface area (Å²) < 4.78 is 75.8. The molecule has 2 aromatic carbocycles. The minimum absolute atomic E-state index is 0.0305. The van der Waals surface area contributed by atoms with Crippen molar-refractivity contribution in [2.24, 2.45) is 16.5 Å². The van der Waals surface area contributed by atoms with Gasteiger partial charge in [0, 0.05) is 5.56 Å². The molecule has 0 aliphatic rings. The summed E-state index contributed by atoms with van der Waals surface area (Å²) in [6.45, 7) is 0.193. The third-order valence-corrected chi connectivity index (χ3v) is 3.81. The molecule has 0 unspecified atom stereocenters. The van der Waals surface area contributed by atoms with Crippen LogP contribution in [0.1, 0.15) is 16.7 Å². The molecule has 31 heavy (non-hydrogen) atoms. The van der Waals surface area contributed by atoms with Crippen molar-refractivity contribution >= 4 is 23.5 Å². The summed E-state index contributed by atoms with van der Waals surface area (Å²) in [5.74, 6) is -2.31. The van der Waals surface area contributed by atoms with Gasteiger partial charge in [0.15, 0.2) is 5.96 Å². The van der Waals surface area contributed by atoms with Crippen molar-refractivity contribution in [1.29, 1.82) is 0 Å². The van der Waals surface area contributed by atoms with Crippen molar-refractivity contribution in [2.75, 3.05) is 0 Å². The molecule has 0 saturated carbocycles. The molecule has 0 aromatic heterocycles. The quantitative estimate of drug-likeness (QED) is 0.341. The van der Waals surface area contributed by atoms with Crippen molar-refractivity contribution in [3.63, 3.8) is 0 Å². The molecule has 6 nitrogen and oxygen atoms in total. The molecule has 0 spiro atoms. The minimum atomic E-state index is -5.08. The van der Waals surface area contributed by atoms with Gasteiger partial charge in [-0.2, -0.15) is 26.3 Å². The normalized spacial score (nSPS) is 11.2. The highest BCUT2D eigenvalue weighted by Gasteiger charge is 2.38. The average molecular weight is 472 g/mol. The average Bonchev–Trinajstić information content (AvgIpc) is 2.64. The van der Waals surface area contributed by atoms with E-state index in [4.69, 9.17) is 37.7 Å². The highest BCUT2D eigenvalue weighted by molar-refractivity contribution is 6.32. The fraction of sp³-hybridized carbons (Fsp3) is 0.222. The molecule has 0 bridgehead atoms. The Hall–Kier alpha value is -3.15. The Bertz CT molecular complexity index is 928. The van der Waals surface area contributed by atoms with E-state index in [-0.39, 0.29) is 29.7 Å². The highest BCUT2D eigenvalue weighted by atomic mass is 35.5. The monoisotopic (exact) mass is 471 g/mol. The number of ether oxygens (including phenoxy) is 1. The molecule has 13 heteroatoms. The third kappa shape index (κ3) is 9.03. The van der Waals surface area contributed by atoms with Crippen LogP contribution in [0, 0.1) is 0 Å². The van der Waals surface area contributed by atoms with Crippen molar-refractivity contribution < 1.29 is 41.0 Å². The topological polar surface area (TPSA) is 111 Å². The molecule has 0 saturated heterocycles. The lowest BCUT2D eigenvalue weighted by Gasteiger charge is -2.13. The molecule has 0 atom stereocenters. The number of nitrogens with two attached hydrogens (primary N) is 2. The van der Waals surface area contributed by atoms with Crippen molar-refractivity contribution in [3.8, 4) is 5.75 Å². The van der Waals surface area contributed by atoms with E-state index in [1.54, 1.807) is 24.3 Å². The van der Waals surface area contributed by atoms with E-state index < -0.39 is 23.9 Å². The molecule has 0 heterocycles. The number of hydrogen-bond acceptors (Lipinski definition) is 3. The number of aliphatic imine (C=N–C) groups is 1. The van der Waals surface area contributed by atoms with E-state index >= 15 is 0 Å². The van der Waals surface area contributed by atoms with Crippen LogP contribution in [-0.2, 0) is 24.1 Å². The number of benzene rings is 2. The second-order valence-electron chi connectivity index (χ2n) is 5.76. The number of guanidine groups is 1. The highest BCUT2D eigenvalue weighted by Crippen LogP contribution is 2.36. The van der Waals surface area contributed by atoms with Crippen molar-refractivity contribution in [3.05, 3.63) is 64.2 Å². The second kappa shape index (κ2) is 10.8. The molecular weight excluding hydrogens is 456 g/mol. The van der Waals surface area contributed by atoms with Crippen LogP contribution in [0.5, 0.6) is 5.75 Å². The Morgan fingerprint density at radius 1 is 1.06 bits per heavy atom. The number of rotatable bonds is 5. The largest absolute Gasteiger partial charge is 0.490 e. The van der Waals surface area contributed by atoms with Gasteiger partial charge in [-0.1, -0.05) is 35.9 Å². The number of halogens is 7. The number of carboxylic acid groups (broad SMARTS) is 1. The van der Waals surface area contributed by atoms with Gasteiger partial charge < -0.3 is 21.3 Å². The Morgan fingerprint density at radius 3 is 2.16 bits per heavy atom. The fourth-order valence-corrected chi connectivity index (χ4v) is 2.28. The van der Waals surface area contributed by atoms with E-state index in [0.29, 0.717) is 5.75 Å². The zero-order valence-electron chi connectivity index (χ0n) is 15.5. The number of hydrogen-bond donors (Lipinski definition) is 3. The van der Waals surface area contributed by atoms with Gasteiger partial charge in [-0.3, -0.25) is 0 Å². The van der Waals surface area contributed by atoms with E-state index in [2.05, 4.69) is 4.99 Å². The molecule has 0 aliphatic carbocycles. The molecule has 2 rings (SSSR count). The molecule has 0 fully saturated rings. The molecule has 0 aliphatic heterocycles. The minimum Gasteiger partial charge on any atom is -0.489 e. The molecule has 5 N–H and O–H groups in total. The first-order valence-electron chi connectivity index (χ1n) is 8.13. The second-order valence-corrected chi connectivity index (χ2v) is 6.13. The number of aliphatic carboxylic acids is 1. The summed E-state index contributed by atoms with van der Waals surface area (Å²) in [7, 11) is 0. The lowest BCUT2D eigenvalue weighted by atomic mass is 10.1. The first kappa shape index (κ1) is 25.9. The summed E-state index contributed by atoms with van der Waals surface area (Å²) in [5, 5.41) is 6.77. The third-order valence-electron chi connectivity index (χ3n) is 3.36. The van der Waals surface area contributed by atoms with Gasteiger partial charge in [0.2, 0.25) is 0 Å². The molecule has 0 radical (unpaired) electrons. The van der Waals surface area contributed by atoms with Gasteiger partial charge in [-0.25, -0.2) is 9.79 Å². The molecule has 2 aromatic rings. The Labute approximate surface area is 177 Å². The van der Waals surface area contributed by atoms with E-state index in [9.17, 15) is 26.3 Å². The van der Waals surface area contributed by atoms with Crippen LogP contribution in [0.25, 0.3) is 0 Å². The first-order chi connectivity index (χ1) is 14.2. The Morgan fingerprint density at radius 2 is 1.65 bits per heavy atom. The predicted molar refractivity (Wildman–Crippen MR) is 100 cm³/mol. The number of alkyl halides is 6. The van der Waals surface area contributed by atoms with E-state index in [0.717, 1.165) is 11.6 Å². The lowest BCUT2D eigenvalue weighted by Crippen LogP contribution is -2.22. The van der Waals surface area contributed by atoms with Crippen LogP contribution in [0.2, 0.25) is 5.02 Å². The first-order valence-corrected chi connectivity index (χ1v) is 8.51. The number of nitrogens with zero attached hydrogens (tertiary/aromatic N) is 1. The van der Waals surface area contributed by atoms with Gasteiger partial charge in [0.05, 0.1) is 17.1 Å². The summed E-state index contributed by atoms with van der Waals surface area (Å²) in [6, 6.07) is 10.6. The zero-order chi connectivity index (χ0) is 23.8. The van der Waals surface area contributed by atoms with Gasteiger partial charge in [-0.15, -0.1) is 0 Å². The molecule has 0 amide bonds. The number of carbonyl (C=O) groups is 1. The SMILES string of the molecule is NC(N)=NCc1cccc(OCc2cccc(C(F)(F)F)c2Cl)c1.O=C(O)C(F)(F)F. The van der Waals surface area contributed by atoms with Gasteiger partial charge in [0.25, 0.3) is 0 Å². The predicted octanol–water partition coefficient (Wildman–Crippen LogP) is 4.34. The number of carboxylic acids is 1. The maximum absolute atomic E-state index is 12.8. The van der Waals surface area contributed by atoms with E-state index in [1.807, 2.05) is 0 Å². The smallest absolute Gasteiger partial charge is 0.489 e. The van der Waals surface area contributed by atoms with Crippen LogP contribution in [-0.4, -0.2) is 23.2 Å². The van der Waals surface area contributed by atoms with Crippen LogP contribution in [0.4, 0.5) is 26.3 Å². The van der Waals surface area contributed by atoms with Crippen LogP contribution in [0.15, 0.2) is 47.5 Å². The Kier molecular flexibility index (Phi) is 8.98.